The molecule has 0 amide bonds. The Morgan fingerprint density at radius 3 is 2.50 bits per heavy atom. The van der Waals surface area contributed by atoms with Gasteiger partial charge in [-0.05, 0) is 24.3 Å². The van der Waals surface area contributed by atoms with Gasteiger partial charge in [-0.15, -0.1) is 0 Å². The predicted molar refractivity (Wildman–Crippen MR) is 114 cm³/mol. The van der Waals surface area contributed by atoms with Crippen molar-refractivity contribution in [3.63, 3.8) is 0 Å². The molecule has 4 rings (SSSR count). The van der Waals surface area contributed by atoms with E-state index >= 15 is 0 Å². The molecule has 1 fully saturated rings. The first-order valence-electron chi connectivity index (χ1n) is 9.55. The molecule has 9 heteroatoms. The molecule has 1 aliphatic rings. The van der Waals surface area contributed by atoms with E-state index in [4.69, 9.17) is 20.9 Å². The summed E-state index contributed by atoms with van der Waals surface area (Å²) in [6.45, 7) is 2.52. The summed E-state index contributed by atoms with van der Waals surface area (Å²) < 4.78 is 38.1. The summed E-state index contributed by atoms with van der Waals surface area (Å²) >= 11 is 6.09. The maximum atomic E-state index is 12.9. The molecule has 0 aliphatic carbocycles. The molecule has 0 bridgehead atoms. The molecule has 0 N–H and O–H groups in total. The molecule has 158 valence electrons. The number of rotatable bonds is 6. The molecule has 0 spiro atoms. The van der Waals surface area contributed by atoms with Crippen molar-refractivity contribution < 1.29 is 17.7 Å². The summed E-state index contributed by atoms with van der Waals surface area (Å²) in [5, 5.41) is 4.40. The minimum Gasteiger partial charge on any atom is -0.496 e. The average molecular weight is 448 g/mol. The lowest BCUT2D eigenvalue weighted by Crippen LogP contribution is -2.48. The number of methoxy groups -OCH3 is 1. The van der Waals surface area contributed by atoms with Gasteiger partial charge in [0.1, 0.15) is 16.3 Å². The smallest absolute Gasteiger partial charge is 0.244 e. The van der Waals surface area contributed by atoms with Crippen LogP contribution in [-0.2, 0) is 16.6 Å². The van der Waals surface area contributed by atoms with Crippen LogP contribution < -0.4 is 4.74 Å². The van der Waals surface area contributed by atoms with E-state index in [1.165, 1.54) is 10.4 Å². The Balaban J connectivity index is 1.40. The quantitative estimate of drug-likeness (QED) is 0.575. The first-order chi connectivity index (χ1) is 14.5. The number of hydrogen-bond acceptors (Lipinski definition) is 6. The molecule has 3 aromatic rings. The van der Waals surface area contributed by atoms with Crippen molar-refractivity contribution in [2.75, 3.05) is 33.3 Å². The molecule has 2 heterocycles. The van der Waals surface area contributed by atoms with E-state index in [0.717, 1.165) is 17.1 Å². The Morgan fingerprint density at radius 1 is 1.07 bits per heavy atom. The lowest BCUT2D eigenvalue weighted by atomic mass is 10.1. The first kappa shape index (κ1) is 20.9. The number of para-hydroxylation sites is 1. The Kier molecular flexibility index (Phi) is 6.10. The lowest BCUT2D eigenvalue weighted by molar-refractivity contribution is 0.166. The zero-order valence-corrected chi connectivity index (χ0v) is 18.1. The fraction of sp³-hybridized carbons (Fsp3) is 0.286. The molecule has 0 atom stereocenters. The van der Waals surface area contributed by atoms with Crippen LogP contribution in [0.3, 0.4) is 0 Å². The highest BCUT2D eigenvalue weighted by atomic mass is 35.5. The molecule has 0 saturated carbocycles. The highest BCUT2D eigenvalue weighted by molar-refractivity contribution is 7.89. The van der Waals surface area contributed by atoms with E-state index in [1.54, 1.807) is 25.3 Å². The molecule has 1 saturated heterocycles. The van der Waals surface area contributed by atoms with Crippen molar-refractivity contribution in [2.45, 2.75) is 11.4 Å². The van der Waals surface area contributed by atoms with E-state index in [9.17, 15) is 8.42 Å². The van der Waals surface area contributed by atoms with Crippen molar-refractivity contribution >= 4 is 21.6 Å². The zero-order valence-electron chi connectivity index (χ0n) is 16.5. The Hall–Kier alpha value is -2.39. The number of benzene rings is 2. The number of aromatic nitrogens is 1. The number of piperazine rings is 1. The van der Waals surface area contributed by atoms with E-state index < -0.39 is 10.0 Å². The molecule has 30 heavy (non-hydrogen) atoms. The summed E-state index contributed by atoms with van der Waals surface area (Å²) in [6.07, 6.45) is 0. The van der Waals surface area contributed by atoms with Crippen LogP contribution in [0.5, 0.6) is 5.75 Å². The fourth-order valence-electron chi connectivity index (χ4n) is 3.51. The van der Waals surface area contributed by atoms with E-state index in [1.807, 2.05) is 30.3 Å². The normalized spacial score (nSPS) is 15.9. The van der Waals surface area contributed by atoms with Gasteiger partial charge >= 0.3 is 0 Å². The number of halogens is 1. The molecule has 0 unspecified atom stereocenters. The van der Waals surface area contributed by atoms with Crippen molar-refractivity contribution in [1.29, 1.82) is 0 Å². The highest BCUT2D eigenvalue weighted by Gasteiger charge is 2.30. The summed E-state index contributed by atoms with van der Waals surface area (Å²) in [6, 6.07) is 16.1. The maximum Gasteiger partial charge on any atom is 0.244 e. The number of sulfonamides is 1. The predicted octanol–water partition coefficient (Wildman–Crippen LogP) is 3.51. The SMILES string of the molecule is COc1ccccc1-c1cc(CN2CCN(S(=O)(=O)c3ccccc3Cl)CC2)on1. The summed E-state index contributed by atoms with van der Waals surface area (Å²) in [7, 11) is -1.98. The fourth-order valence-corrected chi connectivity index (χ4v) is 5.43. The standard InChI is InChI=1S/C21H22ClN3O4S/c1-28-20-8-4-2-6-17(20)19-14-16(29-23-19)15-24-10-12-25(13-11-24)30(26,27)21-9-5-3-7-18(21)22/h2-9,14H,10-13,15H2,1H3. The van der Waals surface area contributed by atoms with Gasteiger partial charge in [0.05, 0.1) is 18.7 Å². The summed E-state index contributed by atoms with van der Waals surface area (Å²) in [5.74, 6) is 1.45. The highest BCUT2D eigenvalue weighted by Crippen LogP contribution is 2.29. The summed E-state index contributed by atoms with van der Waals surface area (Å²) in [4.78, 5) is 2.29. The third-order valence-corrected chi connectivity index (χ3v) is 7.51. The molecule has 7 nitrogen and oxygen atoms in total. The Bertz CT molecular complexity index is 1120. The second kappa shape index (κ2) is 8.77. The second-order valence-electron chi connectivity index (χ2n) is 6.99. The molecule has 1 aromatic heterocycles. The van der Waals surface area contributed by atoms with Crippen LogP contribution in [0.4, 0.5) is 0 Å². The van der Waals surface area contributed by atoms with Gasteiger partial charge in [0.25, 0.3) is 0 Å². The van der Waals surface area contributed by atoms with Crippen molar-refractivity contribution in [1.82, 2.24) is 14.4 Å². The van der Waals surface area contributed by atoms with Crippen molar-refractivity contribution in [2.24, 2.45) is 0 Å². The van der Waals surface area contributed by atoms with Gasteiger partial charge in [-0.25, -0.2) is 8.42 Å². The minimum atomic E-state index is -3.60. The third-order valence-electron chi connectivity index (χ3n) is 5.11. The van der Waals surface area contributed by atoms with E-state index in [2.05, 4.69) is 10.1 Å². The van der Waals surface area contributed by atoms with E-state index in [0.29, 0.717) is 38.4 Å². The number of hydrogen-bond donors (Lipinski definition) is 0. The first-order valence-corrected chi connectivity index (χ1v) is 11.4. The number of nitrogens with zero attached hydrogens (tertiary/aromatic N) is 3. The molecule has 1 aliphatic heterocycles. The van der Waals surface area contributed by atoms with Crippen LogP contribution in [0, 0.1) is 0 Å². The van der Waals surface area contributed by atoms with Crippen molar-refractivity contribution in [3.8, 4) is 17.0 Å². The van der Waals surface area contributed by atoms with Gasteiger partial charge in [-0.3, -0.25) is 4.90 Å². The van der Waals surface area contributed by atoms with Crippen LogP contribution in [0.1, 0.15) is 5.76 Å². The molecule has 0 radical (unpaired) electrons. The van der Waals surface area contributed by atoms with Gasteiger partial charge in [0, 0.05) is 37.8 Å². The van der Waals surface area contributed by atoms with Gasteiger partial charge in [0.2, 0.25) is 10.0 Å². The van der Waals surface area contributed by atoms with Crippen LogP contribution in [0.15, 0.2) is 64.0 Å². The Labute approximate surface area is 180 Å². The van der Waals surface area contributed by atoms with Gasteiger partial charge in [0.15, 0.2) is 5.76 Å². The van der Waals surface area contributed by atoms with Crippen molar-refractivity contribution in [3.05, 3.63) is 65.4 Å². The van der Waals surface area contributed by atoms with Gasteiger partial charge < -0.3 is 9.26 Å². The van der Waals surface area contributed by atoms with Gasteiger partial charge in [-0.2, -0.15) is 4.31 Å². The maximum absolute atomic E-state index is 12.9. The lowest BCUT2D eigenvalue weighted by Gasteiger charge is -2.33. The topological polar surface area (TPSA) is 75.9 Å². The summed E-state index contributed by atoms with van der Waals surface area (Å²) in [5.41, 5.74) is 1.58. The largest absolute Gasteiger partial charge is 0.496 e. The third kappa shape index (κ3) is 4.22. The zero-order chi connectivity index (χ0) is 21.1. The monoisotopic (exact) mass is 447 g/mol. The molecule has 2 aromatic carbocycles. The second-order valence-corrected chi connectivity index (χ2v) is 9.30. The molecular weight excluding hydrogens is 426 g/mol. The van der Waals surface area contributed by atoms with E-state index in [-0.39, 0.29) is 9.92 Å². The Morgan fingerprint density at radius 2 is 1.77 bits per heavy atom. The number of ether oxygens (including phenoxy) is 1. The average Bonchev–Trinajstić information content (AvgIpc) is 3.22. The van der Waals surface area contributed by atoms with Crippen LogP contribution in [0.25, 0.3) is 11.3 Å². The minimum absolute atomic E-state index is 0.150. The molecular formula is C21H22ClN3O4S. The van der Waals surface area contributed by atoms with Gasteiger partial charge in [-0.1, -0.05) is 41.0 Å². The van der Waals surface area contributed by atoms with Crippen LogP contribution in [0.2, 0.25) is 5.02 Å². The van der Waals surface area contributed by atoms with Crippen LogP contribution in [-0.4, -0.2) is 56.1 Å². The van der Waals surface area contributed by atoms with Crippen LogP contribution >= 0.6 is 11.6 Å².